The summed E-state index contributed by atoms with van der Waals surface area (Å²) in [5.74, 6) is -0.339. The van der Waals surface area contributed by atoms with Crippen molar-refractivity contribution in [2.75, 3.05) is 18.4 Å². The average molecular weight is 389 g/mol. The van der Waals surface area contributed by atoms with Gasteiger partial charge < -0.3 is 10.2 Å². The molecule has 1 aromatic carbocycles. The molecule has 0 radical (unpaired) electrons. The Bertz CT molecular complexity index is 818. The van der Waals surface area contributed by atoms with Crippen LogP contribution < -0.4 is 5.32 Å². The van der Waals surface area contributed by atoms with Crippen molar-refractivity contribution in [2.24, 2.45) is 11.3 Å². The summed E-state index contributed by atoms with van der Waals surface area (Å²) in [7, 11) is 0. The van der Waals surface area contributed by atoms with Gasteiger partial charge >= 0.3 is 0 Å². The van der Waals surface area contributed by atoms with E-state index in [4.69, 9.17) is 0 Å². The number of hydrogen-bond acceptors (Lipinski definition) is 4. The molecule has 144 valence electrons. The zero-order valence-corrected chi connectivity index (χ0v) is 16.6. The van der Waals surface area contributed by atoms with Crippen molar-refractivity contribution in [2.45, 2.75) is 33.6 Å². The first-order chi connectivity index (χ1) is 12.7. The summed E-state index contributed by atoms with van der Waals surface area (Å²) in [4.78, 5) is 31.1. The number of rotatable bonds is 3. The number of carbonyl (C=O) groups excluding carboxylic acids is 2. The van der Waals surface area contributed by atoms with Gasteiger partial charge in [0.05, 0.1) is 5.69 Å². The van der Waals surface area contributed by atoms with E-state index < -0.39 is 5.41 Å². The number of likely N-dealkylation sites (tertiary alicyclic amines) is 1. The van der Waals surface area contributed by atoms with Crippen LogP contribution in [0, 0.1) is 17.2 Å². The number of halogens is 1. The van der Waals surface area contributed by atoms with E-state index in [1.807, 2.05) is 31.1 Å². The standard InChI is InChI=1S/C20H24FN3O2S/c1-20(2,3)18(26)24-10-8-14(9-11-24)17(25)23-19-22-16(12-27-19)13-4-6-15(21)7-5-13/h4-7,12,14H,8-11H2,1-3H3,(H,22,23,25). The van der Waals surface area contributed by atoms with Crippen molar-refractivity contribution in [1.29, 1.82) is 0 Å². The average Bonchev–Trinajstić information content (AvgIpc) is 3.09. The van der Waals surface area contributed by atoms with Crippen LogP contribution in [0.25, 0.3) is 11.3 Å². The maximum atomic E-state index is 13.0. The fraction of sp³-hybridized carbons (Fsp3) is 0.450. The lowest BCUT2D eigenvalue weighted by Crippen LogP contribution is -2.45. The fourth-order valence-corrected chi connectivity index (χ4v) is 3.83. The Morgan fingerprint density at radius 2 is 1.81 bits per heavy atom. The highest BCUT2D eigenvalue weighted by Gasteiger charge is 2.32. The molecule has 0 saturated carbocycles. The van der Waals surface area contributed by atoms with Gasteiger partial charge in [-0.25, -0.2) is 9.37 Å². The molecule has 1 aliphatic rings. The van der Waals surface area contributed by atoms with Gasteiger partial charge in [-0.05, 0) is 37.1 Å². The summed E-state index contributed by atoms with van der Waals surface area (Å²) < 4.78 is 13.0. The molecule has 1 aromatic heterocycles. The lowest BCUT2D eigenvalue weighted by Gasteiger charge is -2.35. The highest BCUT2D eigenvalue weighted by molar-refractivity contribution is 7.14. The van der Waals surface area contributed by atoms with E-state index in [0.29, 0.717) is 36.8 Å². The number of hydrogen-bond donors (Lipinski definition) is 1. The molecule has 0 unspecified atom stereocenters. The summed E-state index contributed by atoms with van der Waals surface area (Å²) in [6.45, 7) is 6.94. The van der Waals surface area contributed by atoms with Crippen molar-refractivity contribution < 1.29 is 14.0 Å². The monoisotopic (exact) mass is 389 g/mol. The van der Waals surface area contributed by atoms with Crippen LogP contribution in [0.3, 0.4) is 0 Å². The zero-order chi connectivity index (χ0) is 19.6. The van der Waals surface area contributed by atoms with Gasteiger partial charge in [0.1, 0.15) is 5.82 Å². The molecule has 0 atom stereocenters. The number of nitrogens with one attached hydrogen (secondary N) is 1. The first-order valence-corrected chi connectivity index (χ1v) is 9.94. The van der Waals surface area contributed by atoms with E-state index in [1.165, 1.54) is 23.5 Å². The van der Waals surface area contributed by atoms with Gasteiger partial charge in [-0.15, -0.1) is 11.3 Å². The molecule has 0 spiro atoms. The van der Waals surface area contributed by atoms with Crippen LogP contribution in [0.1, 0.15) is 33.6 Å². The molecule has 1 N–H and O–H groups in total. The minimum atomic E-state index is -0.396. The predicted octanol–water partition coefficient (Wildman–Crippen LogP) is 4.17. The SMILES string of the molecule is CC(C)(C)C(=O)N1CCC(C(=O)Nc2nc(-c3ccc(F)cc3)cs2)CC1. The zero-order valence-electron chi connectivity index (χ0n) is 15.8. The second-order valence-corrected chi connectivity index (χ2v) is 8.71. The number of thiazole rings is 1. The predicted molar refractivity (Wildman–Crippen MR) is 105 cm³/mol. The van der Waals surface area contributed by atoms with Gasteiger partial charge in [0.2, 0.25) is 11.8 Å². The maximum Gasteiger partial charge on any atom is 0.229 e. The number of aromatic nitrogens is 1. The Morgan fingerprint density at radius 1 is 1.19 bits per heavy atom. The summed E-state index contributed by atoms with van der Waals surface area (Å²) in [5.41, 5.74) is 1.12. The Morgan fingerprint density at radius 3 is 2.41 bits per heavy atom. The largest absolute Gasteiger partial charge is 0.342 e. The molecule has 3 rings (SSSR count). The molecule has 0 bridgehead atoms. The topological polar surface area (TPSA) is 62.3 Å². The minimum Gasteiger partial charge on any atom is -0.342 e. The maximum absolute atomic E-state index is 13.0. The van der Waals surface area contributed by atoms with E-state index in [9.17, 15) is 14.0 Å². The summed E-state index contributed by atoms with van der Waals surface area (Å²) >= 11 is 1.35. The number of carbonyl (C=O) groups is 2. The quantitative estimate of drug-likeness (QED) is 0.857. The van der Waals surface area contributed by atoms with Gasteiger partial charge in [0.25, 0.3) is 0 Å². The minimum absolute atomic E-state index is 0.0575. The molecule has 5 nitrogen and oxygen atoms in total. The van der Waals surface area contributed by atoms with Crippen molar-refractivity contribution in [3.05, 3.63) is 35.5 Å². The first kappa shape index (κ1) is 19.5. The van der Waals surface area contributed by atoms with Crippen LogP contribution in [0.15, 0.2) is 29.6 Å². The van der Waals surface area contributed by atoms with Crippen molar-refractivity contribution in [1.82, 2.24) is 9.88 Å². The van der Waals surface area contributed by atoms with Crippen LogP contribution in [0.4, 0.5) is 9.52 Å². The molecule has 27 heavy (non-hydrogen) atoms. The second kappa shape index (κ2) is 7.76. The molecule has 2 heterocycles. The van der Waals surface area contributed by atoms with Crippen molar-refractivity contribution in [3.63, 3.8) is 0 Å². The molecule has 2 amide bonds. The van der Waals surface area contributed by atoms with Crippen LogP contribution >= 0.6 is 11.3 Å². The van der Waals surface area contributed by atoms with E-state index in [1.54, 1.807) is 12.1 Å². The molecule has 7 heteroatoms. The molecule has 1 saturated heterocycles. The van der Waals surface area contributed by atoms with Gasteiger partial charge in [-0.3, -0.25) is 9.59 Å². The Kier molecular flexibility index (Phi) is 5.60. The molecule has 2 aromatic rings. The fourth-order valence-electron chi connectivity index (χ4n) is 3.11. The number of piperidine rings is 1. The third-order valence-electron chi connectivity index (χ3n) is 4.67. The van der Waals surface area contributed by atoms with Crippen LogP contribution in [-0.4, -0.2) is 34.8 Å². The van der Waals surface area contributed by atoms with Gasteiger partial charge in [0, 0.05) is 35.4 Å². The molecular weight excluding hydrogens is 365 g/mol. The van der Waals surface area contributed by atoms with Crippen molar-refractivity contribution >= 4 is 28.3 Å². The van der Waals surface area contributed by atoms with Gasteiger partial charge in [0.15, 0.2) is 5.13 Å². The normalized spacial score (nSPS) is 15.6. The molecule has 1 fully saturated rings. The summed E-state index contributed by atoms with van der Waals surface area (Å²) in [6.07, 6.45) is 1.31. The summed E-state index contributed by atoms with van der Waals surface area (Å²) in [5, 5.41) is 5.25. The lowest BCUT2D eigenvalue weighted by atomic mass is 9.91. The van der Waals surface area contributed by atoms with E-state index >= 15 is 0 Å². The molecule has 1 aliphatic heterocycles. The first-order valence-electron chi connectivity index (χ1n) is 9.06. The molecule has 0 aliphatic carbocycles. The lowest BCUT2D eigenvalue weighted by molar-refractivity contribution is -0.142. The van der Waals surface area contributed by atoms with Crippen molar-refractivity contribution in [3.8, 4) is 11.3 Å². The number of anilines is 1. The number of nitrogens with zero attached hydrogens (tertiary/aromatic N) is 2. The highest BCUT2D eigenvalue weighted by atomic mass is 32.1. The second-order valence-electron chi connectivity index (χ2n) is 7.85. The van der Waals surface area contributed by atoms with E-state index in [2.05, 4.69) is 10.3 Å². The smallest absolute Gasteiger partial charge is 0.229 e. The number of amides is 2. The van der Waals surface area contributed by atoms with Gasteiger partial charge in [-0.1, -0.05) is 20.8 Å². The number of benzene rings is 1. The van der Waals surface area contributed by atoms with E-state index in [-0.39, 0.29) is 23.5 Å². The Balaban J connectivity index is 1.56. The van der Waals surface area contributed by atoms with E-state index in [0.717, 1.165) is 5.56 Å². The third kappa shape index (κ3) is 4.71. The van der Waals surface area contributed by atoms with Crippen LogP contribution in [0.2, 0.25) is 0 Å². The van der Waals surface area contributed by atoms with Crippen LogP contribution in [0.5, 0.6) is 0 Å². The highest BCUT2D eigenvalue weighted by Crippen LogP contribution is 2.27. The summed E-state index contributed by atoms with van der Waals surface area (Å²) in [6, 6.07) is 6.11. The molecular formula is C20H24FN3O2S. The Labute approximate surface area is 162 Å². The van der Waals surface area contributed by atoms with Gasteiger partial charge in [-0.2, -0.15) is 0 Å². The Hall–Kier alpha value is -2.28. The third-order valence-corrected chi connectivity index (χ3v) is 5.43. The van der Waals surface area contributed by atoms with Crippen LogP contribution in [-0.2, 0) is 9.59 Å².